The molecule has 1 aromatic carbocycles. The van der Waals surface area contributed by atoms with Crippen molar-refractivity contribution in [2.75, 3.05) is 0 Å². The number of nitrogens with zero attached hydrogens (tertiary/aromatic N) is 2. The van der Waals surface area contributed by atoms with Gasteiger partial charge in [0.2, 0.25) is 0 Å². The van der Waals surface area contributed by atoms with Gasteiger partial charge in [-0.2, -0.15) is 0 Å². The topological polar surface area (TPSA) is 61.8 Å². The molecule has 1 aliphatic rings. The zero-order chi connectivity index (χ0) is 19.9. The van der Waals surface area contributed by atoms with E-state index in [-0.39, 0.29) is 0 Å². The number of imidazole rings is 1. The number of aliphatic hydroxyl groups excluding tert-OH is 1. The van der Waals surface area contributed by atoms with Gasteiger partial charge in [0.15, 0.2) is 0 Å². The summed E-state index contributed by atoms with van der Waals surface area (Å²) in [5.74, 6) is 0.829. The van der Waals surface area contributed by atoms with E-state index in [1.807, 2.05) is 56.4 Å². The van der Waals surface area contributed by atoms with Gasteiger partial charge in [-0.1, -0.05) is 29.8 Å². The van der Waals surface area contributed by atoms with Crippen molar-refractivity contribution >= 4 is 17.2 Å². The first kappa shape index (κ1) is 18.7. The lowest BCUT2D eigenvalue weighted by Gasteiger charge is -2.36. The van der Waals surface area contributed by atoms with Gasteiger partial charge in [-0.05, 0) is 67.3 Å². The van der Waals surface area contributed by atoms with E-state index in [0.29, 0.717) is 5.02 Å². The molecule has 0 spiro atoms. The van der Waals surface area contributed by atoms with Gasteiger partial charge < -0.3 is 10.1 Å². The molecule has 0 bridgehead atoms. The van der Waals surface area contributed by atoms with Crippen LogP contribution in [0.2, 0.25) is 5.02 Å². The largest absolute Gasteiger partial charge is 0.384 e. The van der Waals surface area contributed by atoms with Crippen molar-refractivity contribution in [3.8, 4) is 11.3 Å². The molecule has 0 amide bonds. The summed E-state index contributed by atoms with van der Waals surface area (Å²) in [4.78, 5) is 12.3. The average Bonchev–Trinajstić information content (AvgIpc) is 3.20. The molecule has 1 aliphatic carbocycles. The summed E-state index contributed by atoms with van der Waals surface area (Å²) < 4.78 is 0. The molecule has 0 saturated heterocycles. The zero-order valence-corrected chi connectivity index (χ0v) is 16.8. The lowest BCUT2D eigenvalue weighted by atomic mass is 9.69. The molecule has 2 aromatic heterocycles. The Morgan fingerprint density at radius 3 is 2.39 bits per heavy atom. The Bertz CT molecular complexity index is 1070. The highest BCUT2D eigenvalue weighted by atomic mass is 35.5. The molecule has 0 radical (unpaired) electrons. The summed E-state index contributed by atoms with van der Waals surface area (Å²) in [6.07, 6.45) is 6.88. The van der Waals surface area contributed by atoms with Gasteiger partial charge >= 0.3 is 0 Å². The molecule has 2 N–H and O–H groups in total. The van der Waals surface area contributed by atoms with Crippen molar-refractivity contribution < 1.29 is 5.11 Å². The van der Waals surface area contributed by atoms with Crippen LogP contribution in [-0.2, 0) is 5.41 Å². The second-order valence-electron chi connectivity index (χ2n) is 7.44. The minimum Gasteiger partial charge on any atom is -0.384 e. The van der Waals surface area contributed by atoms with Gasteiger partial charge in [0.25, 0.3) is 0 Å². The van der Waals surface area contributed by atoms with Crippen molar-refractivity contribution in [3.05, 3.63) is 88.6 Å². The van der Waals surface area contributed by atoms with E-state index < -0.39 is 11.5 Å². The van der Waals surface area contributed by atoms with Crippen LogP contribution in [0.15, 0.2) is 72.2 Å². The fraction of sp³-hybridized carbons (Fsp3) is 0.217. The number of rotatable bonds is 3. The Hall–Kier alpha value is -2.69. The van der Waals surface area contributed by atoms with Gasteiger partial charge in [0.05, 0.1) is 23.4 Å². The summed E-state index contributed by atoms with van der Waals surface area (Å²) in [5, 5.41) is 11.4. The van der Waals surface area contributed by atoms with E-state index in [1.165, 1.54) is 0 Å². The van der Waals surface area contributed by atoms with Gasteiger partial charge in [-0.3, -0.25) is 4.98 Å². The molecule has 4 nitrogen and oxygen atoms in total. The first-order valence-electron chi connectivity index (χ1n) is 9.20. The highest BCUT2D eigenvalue weighted by molar-refractivity contribution is 6.30. The van der Waals surface area contributed by atoms with Crippen LogP contribution in [0.5, 0.6) is 0 Å². The van der Waals surface area contributed by atoms with Gasteiger partial charge in [-0.15, -0.1) is 0 Å². The second-order valence-corrected chi connectivity index (χ2v) is 7.88. The molecule has 4 rings (SSSR count). The number of halogens is 1. The molecule has 2 heterocycles. The SMILES string of the molecule is CC1=CC(C)(c2ncc(-c3ccncc3)[nH]2)C(c2ccc(Cl)cc2)=C(C)C1O. The maximum Gasteiger partial charge on any atom is 0.120 e. The Morgan fingerprint density at radius 2 is 1.71 bits per heavy atom. The molecule has 2 atom stereocenters. The monoisotopic (exact) mass is 391 g/mol. The molecular weight excluding hydrogens is 370 g/mol. The Labute approximate surface area is 169 Å². The maximum absolute atomic E-state index is 10.7. The molecule has 3 aromatic rings. The predicted octanol–water partition coefficient (Wildman–Crippen LogP) is 5.18. The number of aliphatic hydroxyl groups is 1. The van der Waals surface area contributed by atoms with E-state index in [1.54, 1.807) is 12.4 Å². The minimum absolute atomic E-state index is 0.507. The normalized spacial score (nSPS) is 22.3. The highest BCUT2D eigenvalue weighted by Gasteiger charge is 2.39. The van der Waals surface area contributed by atoms with Gasteiger partial charge in [0, 0.05) is 23.0 Å². The molecule has 0 saturated carbocycles. The molecule has 28 heavy (non-hydrogen) atoms. The van der Waals surface area contributed by atoms with E-state index >= 15 is 0 Å². The van der Waals surface area contributed by atoms with E-state index in [9.17, 15) is 5.11 Å². The van der Waals surface area contributed by atoms with Gasteiger partial charge in [0.1, 0.15) is 5.82 Å². The number of hydrogen-bond acceptors (Lipinski definition) is 3. The number of aromatic nitrogens is 3. The fourth-order valence-electron chi connectivity index (χ4n) is 4.09. The van der Waals surface area contributed by atoms with Crippen molar-refractivity contribution in [2.45, 2.75) is 32.3 Å². The quantitative estimate of drug-likeness (QED) is 0.605. The van der Waals surface area contributed by atoms with Crippen LogP contribution in [0, 0.1) is 0 Å². The lowest BCUT2D eigenvalue weighted by Crippen LogP contribution is -2.32. The smallest absolute Gasteiger partial charge is 0.120 e. The van der Waals surface area contributed by atoms with Crippen LogP contribution in [0.3, 0.4) is 0 Å². The molecule has 0 fully saturated rings. The minimum atomic E-state index is -0.603. The molecular formula is C23H22ClN3O. The Morgan fingerprint density at radius 1 is 1.04 bits per heavy atom. The van der Waals surface area contributed by atoms with Gasteiger partial charge in [-0.25, -0.2) is 4.98 Å². The number of H-pyrrole nitrogens is 1. The second kappa shape index (κ2) is 7.04. The fourth-order valence-corrected chi connectivity index (χ4v) is 4.21. The van der Waals surface area contributed by atoms with Crippen LogP contribution in [0.1, 0.15) is 32.2 Å². The summed E-state index contributed by atoms with van der Waals surface area (Å²) in [6, 6.07) is 11.6. The maximum atomic E-state index is 10.7. The number of nitrogens with one attached hydrogen (secondary N) is 1. The number of allylic oxidation sites excluding steroid dienone is 2. The summed E-state index contributed by atoms with van der Waals surface area (Å²) >= 11 is 6.10. The summed E-state index contributed by atoms with van der Waals surface area (Å²) in [6.45, 7) is 6.07. The number of benzene rings is 1. The van der Waals surface area contributed by atoms with Crippen molar-refractivity contribution in [1.82, 2.24) is 15.0 Å². The van der Waals surface area contributed by atoms with Crippen LogP contribution in [-0.4, -0.2) is 26.2 Å². The molecule has 142 valence electrons. The van der Waals surface area contributed by atoms with Crippen LogP contribution in [0.25, 0.3) is 16.8 Å². The van der Waals surface area contributed by atoms with E-state index in [0.717, 1.165) is 39.4 Å². The van der Waals surface area contributed by atoms with E-state index in [2.05, 4.69) is 23.0 Å². The third-order valence-electron chi connectivity index (χ3n) is 5.46. The molecule has 0 aliphatic heterocycles. The Kier molecular flexibility index (Phi) is 4.69. The third-order valence-corrected chi connectivity index (χ3v) is 5.72. The van der Waals surface area contributed by atoms with E-state index in [4.69, 9.17) is 16.6 Å². The van der Waals surface area contributed by atoms with Crippen LogP contribution >= 0.6 is 11.6 Å². The van der Waals surface area contributed by atoms with Crippen LogP contribution < -0.4 is 0 Å². The first-order chi connectivity index (χ1) is 13.4. The summed E-state index contributed by atoms with van der Waals surface area (Å²) in [7, 11) is 0. The molecule has 5 heteroatoms. The zero-order valence-electron chi connectivity index (χ0n) is 16.1. The predicted molar refractivity (Wildman–Crippen MR) is 113 cm³/mol. The standard InChI is InChI=1S/C23H22ClN3O/c1-14-12-23(3,22-26-13-19(27-22)16-8-10-25-11-9-16)20(15(2)21(14)28)17-4-6-18(24)7-5-17/h4-13,21,28H,1-3H3,(H,26,27). The lowest BCUT2D eigenvalue weighted by molar-refractivity contribution is 0.242. The van der Waals surface area contributed by atoms with Crippen molar-refractivity contribution in [2.24, 2.45) is 0 Å². The number of hydrogen-bond donors (Lipinski definition) is 2. The third kappa shape index (κ3) is 3.09. The Balaban J connectivity index is 1.87. The van der Waals surface area contributed by atoms with Crippen LogP contribution in [0.4, 0.5) is 0 Å². The number of pyridine rings is 1. The molecule has 2 unspecified atom stereocenters. The van der Waals surface area contributed by atoms with Crippen molar-refractivity contribution in [3.63, 3.8) is 0 Å². The number of aromatic amines is 1. The summed E-state index contributed by atoms with van der Waals surface area (Å²) in [5.41, 5.74) is 5.36. The average molecular weight is 392 g/mol. The first-order valence-corrected chi connectivity index (χ1v) is 9.58. The highest BCUT2D eigenvalue weighted by Crippen LogP contribution is 2.46. The van der Waals surface area contributed by atoms with Crippen molar-refractivity contribution in [1.29, 1.82) is 0 Å².